The first-order valence-corrected chi connectivity index (χ1v) is 9.60. The first-order valence-electron chi connectivity index (χ1n) is 9.60. The van der Waals surface area contributed by atoms with Crippen LogP contribution in [0.25, 0.3) is 22.0 Å². The lowest BCUT2D eigenvalue weighted by Crippen LogP contribution is -2.12. The summed E-state index contributed by atoms with van der Waals surface area (Å²) in [6.07, 6.45) is 0. The molecular formula is C25H23N3O. The molecule has 1 aromatic heterocycles. The highest BCUT2D eigenvalue weighted by molar-refractivity contribution is 6.05. The van der Waals surface area contributed by atoms with Crippen molar-refractivity contribution < 1.29 is 4.79 Å². The van der Waals surface area contributed by atoms with Crippen LogP contribution in [0.4, 0.5) is 5.69 Å². The summed E-state index contributed by atoms with van der Waals surface area (Å²) >= 11 is 0. The number of anilines is 1. The van der Waals surface area contributed by atoms with E-state index in [-0.39, 0.29) is 5.91 Å². The summed E-state index contributed by atoms with van der Waals surface area (Å²) in [7, 11) is 4.05. The van der Waals surface area contributed by atoms with Crippen molar-refractivity contribution in [1.29, 1.82) is 0 Å². The molecule has 4 rings (SSSR count). The smallest absolute Gasteiger partial charge is 0.255 e. The van der Waals surface area contributed by atoms with E-state index < -0.39 is 0 Å². The molecule has 0 aliphatic carbocycles. The van der Waals surface area contributed by atoms with Gasteiger partial charge in [-0.1, -0.05) is 48.5 Å². The molecule has 0 radical (unpaired) electrons. The Bertz CT molecular complexity index is 1140. The summed E-state index contributed by atoms with van der Waals surface area (Å²) in [6, 6.07) is 27.6. The Morgan fingerprint density at radius 2 is 1.59 bits per heavy atom. The quantitative estimate of drug-likeness (QED) is 0.516. The van der Waals surface area contributed by atoms with Gasteiger partial charge in [0.15, 0.2) is 0 Å². The molecule has 144 valence electrons. The molecular weight excluding hydrogens is 358 g/mol. The third-order valence-electron chi connectivity index (χ3n) is 4.74. The minimum atomic E-state index is -0.124. The second kappa shape index (κ2) is 8.25. The maximum Gasteiger partial charge on any atom is 0.255 e. The molecule has 1 heterocycles. The molecule has 1 amide bonds. The van der Waals surface area contributed by atoms with Crippen molar-refractivity contribution in [2.75, 3.05) is 19.4 Å². The zero-order chi connectivity index (χ0) is 20.2. The highest BCUT2D eigenvalue weighted by atomic mass is 16.1. The molecule has 3 aromatic carbocycles. The number of fused-ring (bicyclic) bond motifs is 1. The Labute approximate surface area is 170 Å². The van der Waals surface area contributed by atoms with Crippen molar-refractivity contribution in [2.24, 2.45) is 0 Å². The van der Waals surface area contributed by atoms with Gasteiger partial charge in [0.25, 0.3) is 5.91 Å². The molecule has 4 heteroatoms. The number of benzene rings is 3. The minimum absolute atomic E-state index is 0.124. The van der Waals surface area contributed by atoms with E-state index in [1.807, 2.05) is 86.9 Å². The fourth-order valence-corrected chi connectivity index (χ4v) is 3.31. The molecule has 29 heavy (non-hydrogen) atoms. The predicted molar refractivity (Wildman–Crippen MR) is 119 cm³/mol. The highest BCUT2D eigenvalue weighted by Gasteiger charge is 2.08. The number of pyridine rings is 1. The maximum atomic E-state index is 12.6. The number of rotatable bonds is 5. The number of hydrogen-bond acceptors (Lipinski definition) is 3. The zero-order valence-corrected chi connectivity index (χ0v) is 16.6. The van der Waals surface area contributed by atoms with Crippen molar-refractivity contribution in [3.05, 3.63) is 96.2 Å². The summed E-state index contributed by atoms with van der Waals surface area (Å²) in [5, 5.41) is 3.99. The zero-order valence-electron chi connectivity index (χ0n) is 16.6. The molecule has 4 nitrogen and oxygen atoms in total. The number of hydrogen-bond donors (Lipinski definition) is 1. The van der Waals surface area contributed by atoms with Gasteiger partial charge in [-0.15, -0.1) is 0 Å². The van der Waals surface area contributed by atoms with Crippen LogP contribution in [-0.2, 0) is 6.54 Å². The van der Waals surface area contributed by atoms with Crippen LogP contribution in [-0.4, -0.2) is 29.9 Å². The molecule has 0 saturated carbocycles. The van der Waals surface area contributed by atoms with E-state index in [0.29, 0.717) is 5.56 Å². The van der Waals surface area contributed by atoms with E-state index in [4.69, 9.17) is 0 Å². The third kappa shape index (κ3) is 4.50. The number of nitrogens with one attached hydrogen (secondary N) is 1. The van der Waals surface area contributed by atoms with E-state index in [1.165, 1.54) is 0 Å². The molecule has 0 atom stereocenters. The van der Waals surface area contributed by atoms with Gasteiger partial charge in [-0.3, -0.25) is 9.78 Å². The topological polar surface area (TPSA) is 45.2 Å². The van der Waals surface area contributed by atoms with E-state index in [1.54, 1.807) is 0 Å². The van der Waals surface area contributed by atoms with Crippen molar-refractivity contribution >= 4 is 22.5 Å². The molecule has 1 N–H and O–H groups in total. The lowest BCUT2D eigenvalue weighted by Gasteiger charge is -2.10. The summed E-state index contributed by atoms with van der Waals surface area (Å²) < 4.78 is 0. The van der Waals surface area contributed by atoms with E-state index in [9.17, 15) is 4.79 Å². The van der Waals surface area contributed by atoms with Crippen molar-refractivity contribution in [2.45, 2.75) is 6.54 Å². The average molecular weight is 381 g/mol. The third-order valence-corrected chi connectivity index (χ3v) is 4.74. The van der Waals surface area contributed by atoms with Gasteiger partial charge in [0.2, 0.25) is 0 Å². The Morgan fingerprint density at radius 1 is 0.862 bits per heavy atom. The standard InChI is InChI=1S/C25H23N3O/c1-28(2)17-23-13-12-21-16-22(14-15-24(21)26-23)27-25(29)20-10-8-19(9-11-20)18-6-4-3-5-7-18/h3-16H,17H2,1-2H3,(H,27,29). The SMILES string of the molecule is CN(C)Cc1ccc2cc(NC(=O)c3ccc(-c4ccccc4)cc3)ccc2n1. The number of aromatic nitrogens is 1. The average Bonchev–Trinajstić information content (AvgIpc) is 2.74. The van der Waals surface area contributed by atoms with Gasteiger partial charge in [0.1, 0.15) is 0 Å². The van der Waals surface area contributed by atoms with Crippen LogP contribution in [0, 0.1) is 0 Å². The first-order chi connectivity index (χ1) is 14.1. The van der Waals surface area contributed by atoms with E-state index in [0.717, 1.165) is 40.0 Å². The van der Waals surface area contributed by atoms with Gasteiger partial charge in [-0.2, -0.15) is 0 Å². The second-order valence-electron chi connectivity index (χ2n) is 7.35. The molecule has 0 unspecified atom stereocenters. The molecule has 0 saturated heterocycles. The summed E-state index contributed by atoms with van der Waals surface area (Å²) in [4.78, 5) is 19.4. The van der Waals surface area contributed by atoms with Crippen molar-refractivity contribution in [1.82, 2.24) is 9.88 Å². The van der Waals surface area contributed by atoms with Crippen molar-refractivity contribution in [3.63, 3.8) is 0 Å². The Balaban J connectivity index is 1.49. The fraction of sp³-hybridized carbons (Fsp3) is 0.120. The van der Waals surface area contributed by atoms with Gasteiger partial charge >= 0.3 is 0 Å². The van der Waals surface area contributed by atoms with Crippen LogP contribution < -0.4 is 5.32 Å². The molecule has 0 spiro atoms. The number of amides is 1. The number of carbonyl (C=O) groups excluding carboxylic acids is 1. The maximum absolute atomic E-state index is 12.6. The van der Waals surface area contributed by atoms with Gasteiger partial charge in [-0.05, 0) is 61.6 Å². The van der Waals surface area contributed by atoms with E-state index in [2.05, 4.69) is 27.3 Å². The van der Waals surface area contributed by atoms with Crippen LogP contribution in [0.2, 0.25) is 0 Å². The van der Waals surface area contributed by atoms with Gasteiger partial charge in [0, 0.05) is 23.2 Å². The number of carbonyl (C=O) groups is 1. The lowest BCUT2D eigenvalue weighted by atomic mass is 10.0. The van der Waals surface area contributed by atoms with Crippen LogP contribution in [0.1, 0.15) is 16.1 Å². The molecule has 4 aromatic rings. The Hall–Kier alpha value is -3.50. The second-order valence-corrected chi connectivity index (χ2v) is 7.35. The van der Waals surface area contributed by atoms with Crippen LogP contribution in [0.3, 0.4) is 0 Å². The van der Waals surface area contributed by atoms with Crippen LogP contribution in [0.5, 0.6) is 0 Å². The number of nitrogens with zero attached hydrogens (tertiary/aromatic N) is 2. The van der Waals surface area contributed by atoms with Gasteiger partial charge < -0.3 is 10.2 Å². The van der Waals surface area contributed by atoms with Gasteiger partial charge in [-0.25, -0.2) is 0 Å². The lowest BCUT2D eigenvalue weighted by molar-refractivity contribution is 0.102. The van der Waals surface area contributed by atoms with Crippen LogP contribution in [0.15, 0.2) is 84.9 Å². The van der Waals surface area contributed by atoms with Crippen molar-refractivity contribution in [3.8, 4) is 11.1 Å². The molecule has 0 aliphatic heterocycles. The first kappa shape index (κ1) is 18.8. The van der Waals surface area contributed by atoms with E-state index >= 15 is 0 Å². The fourth-order valence-electron chi connectivity index (χ4n) is 3.31. The predicted octanol–water partition coefficient (Wildman–Crippen LogP) is 5.22. The van der Waals surface area contributed by atoms with Gasteiger partial charge in [0.05, 0.1) is 11.2 Å². The Kier molecular flexibility index (Phi) is 5.36. The van der Waals surface area contributed by atoms with Crippen LogP contribution >= 0.6 is 0 Å². The minimum Gasteiger partial charge on any atom is -0.322 e. The summed E-state index contributed by atoms with van der Waals surface area (Å²) in [5.41, 5.74) is 5.57. The molecule has 0 bridgehead atoms. The Morgan fingerprint density at radius 3 is 2.31 bits per heavy atom. The highest BCUT2D eigenvalue weighted by Crippen LogP contribution is 2.21. The summed E-state index contributed by atoms with van der Waals surface area (Å²) in [5.74, 6) is -0.124. The normalized spacial score (nSPS) is 11.0. The summed E-state index contributed by atoms with van der Waals surface area (Å²) in [6.45, 7) is 0.799. The largest absolute Gasteiger partial charge is 0.322 e. The monoisotopic (exact) mass is 381 g/mol. The molecule has 0 aliphatic rings. The molecule has 0 fully saturated rings.